The molecule has 9 heteroatoms. The monoisotopic (exact) mass is 316 g/mol. The van der Waals surface area contributed by atoms with Gasteiger partial charge >= 0.3 is 17.1 Å². The van der Waals surface area contributed by atoms with E-state index in [0.717, 1.165) is 0 Å². The zero-order valence-corrected chi connectivity index (χ0v) is 13.4. The lowest BCUT2D eigenvalue weighted by Gasteiger charge is -2.25. The molecule has 1 unspecified atom stereocenters. The van der Waals surface area contributed by atoms with Crippen molar-refractivity contribution in [3.05, 3.63) is 20.7 Å². The first-order chi connectivity index (χ1) is 9.84. The molecule has 21 heavy (non-hydrogen) atoms. The van der Waals surface area contributed by atoms with Crippen LogP contribution < -0.4 is 16.4 Å². The number of rotatable bonds is 7. The number of methoxy groups -OCH3 is 1. The molecular weight excluding hydrogens is 296 g/mol. The van der Waals surface area contributed by atoms with Crippen LogP contribution >= 0.6 is 11.8 Å². The number of aryl methyl sites for hydroxylation is 1. The van der Waals surface area contributed by atoms with Gasteiger partial charge in [-0.15, -0.1) is 0 Å². The van der Waals surface area contributed by atoms with Crippen LogP contribution in [0.15, 0.2) is 14.7 Å². The van der Waals surface area contributed by atoms with Gasteiger partial charge in [0.1, 0.15) is 5.54 Å². The number of H-pyrrole nitrogens is 1. The average molecular weight is 316 g/mol. The third-order valence-corrected chi connectivity index (χ3v) is 4.30. The average Bonchev–Trinajstić information content (AvgIpc) is 2.47. The Morgan fingerprint density at radius 3 is 2.76 bits per heavy atom. The minimum atomic E-state index is -0.801. The lowest BCUT2D eigenvalue weighted by atomic mass is 9.97. The number of likely N-dealkylation sites (N-methyl/N-ethyl adjacent to an activating group) is 1. The number of esters is 1. The molecule has 1 heterocycles. The fraction of sp³-hybridized carbons (Fsp3) is 0.667. The number of nitrogens with zero attached hydrogens (tertiary/aromatic N) is 2. The van der Waals surface area contributed by atoms with Crippen molar-refractivity contribution in [3.8, 4) is 0 Å². The number of hydrogen-bond donors (Lipinski definition) is 2. The molecule has 1 aromatic heterocycles. The van der Waals surface area contributed by atoms with Crippen LogP contribution in [0.25, 0.3) is 0 Å². The maximum atomic E-state index is 11.7. The van der Waals surface area contributed by atoms with E-state index >= 15 is 0 Å². The summed E-state index contributed by atoms with van der Waals surface area (Å²) < 4.78 is 6.17. The van der Waals surface area contributed by atoms with Crippen LogP contribution in [0, 0.1) is 0 Å². The lowest BCUT2D eigenvalue weighted by Crippen LogP contribution is -2.48. The van der Waals surface area contributed by atoms with Gasteiger partial charge in [-0.2, -0.15) is 4.98 Å². The molecule has 0 aliphatic rings. The Balaban J connectivity index is 2.58. The number of thioether (sulfide) groups is 1. The summed E-state index contributed by atoms with van der Waals surface area (Å²) in [5, 5.41) is 5.77. The molecule has 0 aliphatic carbocycles. The molecule has 118 valence electrons. The standard InChI is InChI=1S/C12H20N4O4S/c1-12(13-2,10(19)20-4)6-5-7-21-11-14-8(17)9(18)15-16(11)3/h13H,5-7H2,1-4H3,(H,15,18). The molecule has 0 aliphatic heterocycles. The molecule has 1 rings (SSSR count). The Bertz CT molecular complexity index is 612. The van der Waals surface area contributed by atoms with Crippen molar-refractivity contribution >= 4 is 17.7 Å². The number of aromatic amines is 1. The molecule has 0 amide bonds. The van der Waals surface area contributed by atoms with Crippen molar-refractivity contribution in [3.63, 3.8) is 0 Å². The number of nitrogens with one attached hydrogen (secondary N) is 2. The topological polar surface area (TPSA) is 106 Å². The third-order valence-electron chi connectivity index (χ3n) is 3.19. The molecule has 0 saturated carbocycles. The van der Waals surface area contributed by atoms with Crippen molar-refractivity contribution in [1.29, 1.82) is 0 Å². The van der Waals surface area contributed by atoms with E-state index in [4.69, 9.17) is 4.74 Å². The first-order valence-corrected chi connectivity index (χ1v) is 7.40. The summed E-state index contributed by atoms with van der Waals surface area (Å²) in [5.41, 5.74) is -2.28. The summed E-state index contributed by atoms with van der Waals surface area (Å²) in [6, 6.07) is 0. The minimum absolute atomic E-state index is 0.315. The fourth-order valence-corrected chi connectivity index (χ4v) is 2.59. The number of carbonyl (C=O) groups excluding carboxylic acids is 1. The Morgan fingerprint density at radius 2 is 2.19 bits per heavy atom. The Labute approximate surface area is 126 Å². The molecule has 1 aromatic rings. The Hall–Kier alpha value is -1.61. The van der Waals surface area contributed by atoms with Crippen molar-refractivity contribution in [2.24, 2.45) is 7.05 Å². The number of hydrogen-bond acceptors (Lipinski definition) is 7. The van der Waals surface area contributed by atoms with Crippen molar-refractivity contribution in [2.45, 2.75) is 30.5 Å². The van der Waals surface area contributed by atoms with E-state index in [2.05, 4.69) is 15.4 Å². The van der Waals surface area contributed by atoms with E-state index in [1.807, 2.05) is 0 Å². The first-order valence-electron chi connectivity index (χ1n) is 6.41. The number of aromatic nitrogens is 3. The highest BCUT2D eigenvalue weighted by molar-refractivity contribution is 7.99. The summed E-state index contributed by atoms with van der Waals surface area (Å²) in [6.45, 7) is 1.78. The van der Waals surface area contributed by atoms with E-state index in [9.17, 15) is 14.4 Å². The van der Waals surface area contributed by atoms with Crippen LogP contribution in [0.1, 0.15) is 19.8 Å². The second-order valence-electron chi connectivity index (χ2n) is 4.73. The molecule has 0 fully saturated rings. The van der Waals surface area contributed by atoms with Crippen molar-refractivity contribution in [2.75, 3.05) is 19.9 Å². The molecule has 1 atom stereocenters. The smallest absolute Gasteiger partial charge is 0.339 e. The van der Waals surface area contributed by atoms with Crippen LogP contribution in [0.4, 0.5) is 0 Å². The third kappa shape index (κ3) is 4.43. The molecule has 0 spiro atoms. The van der Waals surface area contributed by atoms with E-state index in [1.54, 1.807) is 21.0 Å². The SMILES string of the molecule is CNC(C)(CCCSc1nc(=O)c(=O)[nH]n1C)C(=O)OC. The molecule has 0 radical (unpaired) electrons. The molecular formula is C12H20N4O4S. The maximum Gasteiger partial charge on any atom is 0.339 e. The van der Waals surface area contributed by atoms with Gasteiger partial charge in [0.05, 0.1) is 7.11 Å². The van der Waals surface area contributed by atoms with Gasteiger partial charge < -0.3 is 10.1 Å². The second kappa shape index (κ2) is 7.41. The second-order valence-corrected chi connectivity index (χ2v) is 5.79. The van der Waals surface area contributed by atoms with Gasteiger partial charge in [0.15, 0.2) is 5.16 Å². The Kier molecular flexibility index (Phi) is 6.16. The molecule has 0 saturated heterocycles. The van der Waals surface area contributed by atoms with E-state index in [1.165, 1.54) is 23.6 Å². The lowest BCUT2D eigenvalue weighted by molar-refractivity contribution is -0.148. The van der Waals surface area contributed by atoms with Crippen LogP contribution in [0.2, 0.25) is 0 Å². The van der Waals surface area contributed by atoms with Gasteiger partial charge in [0.2, 0.25) is 0 Å². The van der Waals surface area contributed by atoms with E-state index in [-0.39, 0.29) is 5.97 Å². The largest absolute Gasteiger partial charge is 0.468 e. The van der Waals surface area contributed by atoms with Crippen LogP contribution in [0.3, 0.4) is 0 Å². The molecule has 2 N–H and O–H groups in total. The van der Waals surface area contributed by atoms with Gasteiger partial charge in [-0.3, -0.25) is 24.2 Å². The molecule has 0 aromatic carbocycles. The maximum absolute atomic E-state index is 11.7. The number of ether oxygens (including phenoxy) is 1. The van der Waals surface area contributed by atoms with E-state index in [0.29, 0.717) is 23.8 Å². The summed E-state index contributed by atoms with van der Waals surface area (Å²) in [7, 11) is 4.67. The fourth-order valence-electron chi connectivity index (χ4n) is 1.73. The highest BCUT2D eigenvalue weighted by Crippen LogP contribution is 2.19. The van der Waals surface area contributed by atoms with Gasteiger partial charge in [-0.25, -0.2) is 0 Å². The molecule has 0 bridgehead atoms. The predicted molar refractivity (Wildman–Crippen MR) is 79.5 cm³/mol. The first kappa shape index (κ1) is 17.4. The summed E-state index contributed by atoms with van der Waals surface area (Å²) in [5.74, 6) is 0.338. The van der Waals surface area contributed by atoms with Gasteiger partial charge in [0.25, 0.3) is 0 Å². The highest BCUT2D eigenvalue weighted by atomic mass is 32.2. The normalized spacial score (nSPS) is 13.7. The van der Waals surface area contributed by atoms with Crippen LogP contribution in [-0.4, -0.2) is 46.2 Å². The van der Waals surface area contributed by atoms with Crippen molar-refractivity contribution < 1.29 is 9.53 Å². The quantitative estimate of drug-likeness (QED) is 0.302. The minimum Gasteiger partial charge on any atom is -0.468 e. The number of carbonyl (C=O) groups is 1. The zero-order chi connectivity index (χ0) is 16.0. The highest BCUT2D eigenvalue weighted by Gasteiger charge is 2.31. The predicted octanol–water partition coefficient (Wildman–Crippen LogP) is -0.508. The van der Waals surface area contributed by atoms with E-state index < -0.39 is 16.7 Å². The van der Waals surface area contributed by atoms with Crippen LogP contribution in [-0.2, 0) is 16.6 Å². The molecule has 8 nitrogen and oxygen atoms in total. The zero-order valence-electron chi connectivity index (χ0n) is 12.6. The summed E-state index contributed by atoms with van der Waals surface area (Å²) in [6.07, 6.45) is 1.30. The van der Waals surface area contributed by atoms with Gasteiger partial charge in [-0.05, 0) is 26.8 Å². The van der Waals surface area contributed by atoms with Gasteiger partial charge in [0, 0.05) is 12.8 Å². The van der Waals surface area contributed by atoms with Crippen LogP contribution in [0.5, 0.6) is 0 Å². The Morgan fingerprint density at radius 1 is 1.52 bits per heavy atom. The van der Waals surface area contributed by atoms with Gasteiger partial charge in [-0.1, -0.05) is 11.8 Å². The van der Waals surface area contributed by atoms with Crippen molar-refractivity contribution in [1.82, 2.24) is 20.1 Å². The summed E-state index contributed by atoms with van der Waals surface area (Å²) >= 11 is 1.34. The summed E-state index contributed by atoms with van der Waals surface area (Å²) in [4.78, 5) is 37.7.